The van der Waals surface area contributed by atoms with Gasteiger partial charge in [-0.2, -0.15) is 0 Å². The molecule has 1 aliphatic carbocycles. The molecule has 0 saturated heterocycles. The molecule has 0 radical (unpaired) electrons. The number of esters is 1. The number of anilines is 1. The molecule has 0 unspecified atom stereocenters. The molecule has 2 aromatic heterocycles. The largest absolute Gasteiger partial charge is 0.497 e. The number of nitrogens with one attached hydrogen (secondary N) is 2. The monoisotopic (exact) mass is 543 g/mol. The van der Waals surface area contributed by atoms with Crippen molar-refractivity contribution in [2.45, 2.75) is 50.1 Å². The first kappa shape index (κ1) is 26.7. The van der Waals surface area contributed by atoms with E-state index in [1.165, 1.54) is 23.1 Å². The number of methoxy groups -OCH3 is 1. The number of thioether (sulfide) groups is 1. The average molecular weight is 544 g/mol. The minimum absolute atomic E-state index is 0.180. The average Bonchev–Trinajstić information content (AvgIpc) is 3.57. The van der Waals surface area contributed by atoms with Gasteiger partial charge in [0, 0.05) is 17.5 Å². The molecule has 1 aliphatic rings. The highest BCUT2D eigenvalue weighted by Crippen LogP contribution is 2.40. The van der Waals surface area contributed by atoms with Gasteiger partial charge in [-0.05, 0) is 62.9 Å². The first-order chi connectivity index (χ1) is 17.8. The molecular weight excluding hydrogens is 514 g/mol. The lowest BCUT2D eigenvalue weighted by molar-refractivity contribution is -0.115. The number of hydrogen-bond acceptors (Lipinski definition) is 9. The smallest absolute Gasteiger partial charge is 0.341 e. The van der Waals surface area contributed by atoms with Crippen LogP contribution < -0.4 is 15.4 Å². The van der Waals surface area contributed by atoms with Crippen LogP contribution in [-0.2, 0) is 36.0 Å². The number of carbonyl (C=O) groups excluding carboxylic acids is 3. The zero-order chi connectivity index (χ0) is 26.5. The molecule has 1 aromatic carbocycles. The Balaban J connectivity index is 1.37. The molecule has 3 aromatic rings. The van der Waals surface area contributed by atoms with E-state index < -0.39 is 11.2 Å². The van der Waals surface area contributed by atoms with Crippen molar-refractivity contribution in [1.82, 2.24) is 20.1 Å². The second-order valence-electron chi connectivity index (χ2n) is 8.40. The Kier molecular flexibility index (Phi) is 8.49. The Morgan fingerprint density at radius 1 is 1.19 bits per heavy atom. The van der Waals surface area contributed by atoms with Crippen molar-refractivity contribution in [3.8, 4) is 5.75 Å². The van der Waals surface area contributed by atoms with Crippen molar-refractivity contribution in [3.05, 3.63) is 51.7 Å². The van der Waals surface area contributed by atoms with Gasteiger partial charge < -0.3 is 24.7 Å². The van der Waals surface area contributed by atoms with Crippen molar-refractivity contribution in [1.29, 1.82) is 0 Å². The van der Waals surface area contributed by atoms with Gasteiger partial charge in [0.15, 0.2) is 11.0 Å². The number of rotatable bonds is 10. The normalized spacial score (nSPS) is 13.1. The quantitative estimate of drug-likeness (QED) is 0.294. The molecular formula is C25H29N5O5S2. The van der Waals surface area contributed by atoms with Crippen molar-refractivity contribution < 1.29 is 23.9 Å². The van der Waals surface area contributed by atoms with Gasteiger partial charge in [0.1, 0.15) is 10.8 Å². The Morgan fingerprint density at radius 3 is 2.65 bits per heavy atom. The van der Waals surface area contributed by atoms with Crippen LogP contribution >= 0.6 is 23.1 Å². The molecule has 2 heterocycles. The summed E-state index contributed by atoms with van der Waals surface area (Å²) in [6.07, 6.45) is 2.73. The van der Waals surface area contributed by atoms with Gasteiger partial charge in [-0.25, -0.2) is 4.79 Å². The maximum atomic E-state index is 13.0. The molecule has 0 saturated carbocycles. The number of ether oxygens (including phenoxy) is 2. The number of aromatic nitrogens is 3. The number of carbonyl (C=O) groups is 3. The number of hydrogen-bond donors (Lipinski definition) is 2. The number of fused-ring (bicyclic) bond motifs is 1. The van der Waals surface area contributed by atoms with Crippen molar-refractivity contribution in [3.63, 3.8) is 0 Å². The zero-order valence-electron chi connectivity index (χ0n) is 21.1. The van der Waals surface area contributed by atoms with Gasteiger partial charge in [-0.1, -0.05) is 11.8 Å². The highest BCUT2D eigenvalue weighted by atomic mass is 32.2. The van der Waals surface area contributed by atoms with Crippen molar-refractivity contribution >= 4 is 45.9 Å². The molecule has 1 atom stereocenters. The van der Waals surface area contributed by atoms with E-state index in [-0.39, 0.29) is 25.0 Å². The Labute approximate surface area is 223 Å². The Morgan fingerprint density at radius 2 is 1.95 bits per heavy atom. The van der Waals surface area contributed by atoms with Gasteiger partial charge in [-0.3, -0.25) is 9.59 Å². The van der Waals surface area contributed by atoms with Crippen LogP contribution in [0.5, 0.6) is 5.75 Å². The highest BCUT2D eigenvalue weighted by Gasteiger charge is 2.29. The predicted molar refractivity (Wildman–Crippen MR) is 141 cm³/mol. The minimum Gasteiger partial charge on any atom is -0.497 e. The van der Waals surface area contributed by atoms with E-state index in [4.69, 9.17) is 9.47 Å². The van der Waals surface area contributed by atoms with Crippen LogP contribution in [0.2, 0.25) is 0 Å². The number of amides is 2. The lowest BCUT2D eigenvalue weighted by Crippen LogP contribution is -2.25. The summed E-state index contributed by atoms with van der Waals surface area (Å²) in [4.78, 5) is 39.2. The first-order valence-corrected chi connectivity index (χ1v) is 13.6. The molecule has 2 N–H and O–H groups in total. The van der Waals surface area contributed by atoms with E-state index >= 15 is 0 Å². The third-order valence-corrected chi connectivity index (χ3v) is 8.31. The third kappa shape index (κ3) is 5.96. The lowest BCUT2D eigenvalue weighted by Gasteiger charge is -2.12. The molecule has 196 valence electrons. The van der Waals surface area contributed by atoms with Crippen LogP contribution in [0.25, 0.3) is 0 Å². The summed E-state index contributed by atoms with van der Waals surface area (Å²) in [6, 6.07) is 6.81. The number of nitrogens with zero attached hydrogens (tertiary/aromatic N) is 3. The zero-order valence-corrected chi connectivity index (χ0v) is 22.8. The molecule has 4 rings (SSSR count). The summed E-state index contributed by atoms with van der Waals surface area (Å²) in [7, 11) is 3.35. The fourth-order valence-electron chi connectivity index (χ4n) is 3.94. The summed E-state index contributed by atoms with van der Waals surface area (Å²) in [5.74, 6) is 0.342. The summed E-state index contributed by atoms with van der Waals surface area (Å²) >= 11 is 2.70. The van der Waals surface area contributed by atoms with Crippen molar-refractivity contribution in [2.75, 3.05) is 19.0 Å². The van der Waals surface area contributed by atoms with Gasteiger partial charge >= 0.3 is 5.97 Å². The summed E-state index contributed by atoms with van der Waals surface area (Å²) in [5, 5.41) is 14.7. The molecule has 0 spiro atoms. The van der Waals surface area contributed by atoms with Crippen LogP contribution in [-0.4, -0.2) is 51.5 Å². The van der Waals surface area contributed by atoms with Crippen LogP contribution in [0.15, 0.2) is 29.4 Å². The Hall–Kier alpha value is -3.38. The maximum Gasteiger partial charge on any atom is 0.341 e. The molecule has 0 bridgehead atoms. The van der Waals surface area contributed by atoms with Crippen LogP contribution in [0.3, 0.4) is 0 Å². The minimum atomic E-state index is -0.503. The summed E-state index contributed by atoms with van der Waals surface area (Å²) in [6.45, 7) is 3.99. The lowest BCUT2D eigenvalue weighted by atomic mass is 10.1. The summed E-state index contributed by atoms with van der Waals surface area (Å²) < 4.78 is 12.1. The van der Waals surface area contributed by atoms with Crippen molar-refractivity contribution in [2.24, 2.45) is 7.05 Å². The second-order valence-corrected chi connectivity index (χ2v) is 10.8. The molecule has 2 amide bonds. The first-order valence-electron chi connectivity index (χ1n) is 11.9. The fraction of sp³-hybridized carbons (Fsp3) is 0.400. The van der Waals surface area contributed by atoms with Gasteiger partial charge in [0.25, 0.3) is 5.91 Å². The van der Waals surface area contributed by atoms with E-state index in [9.17, 15) is 14.4 Å². The van der Waals surface area contributed by atoms with E-state index in [1.54, 1.807) is 56.8 Å². The predicted octanol–water partition coefficient (Wildman–Crippen LogP) is 3.60. The molecule has 37 heavy (non-hydrogen) atoms. The van der Waals surface area contributed by atoms with Gasteiger partial charge in [0.05, 0.1) is 31.1 Å². The molecule has 12 heteroatoms. The van der Waals surface area contributed by atoms with Crippen LogP contribution in [0.1, 0.15) is 57.2 Å². The number of benzene rings is 1. The number of aryl methyl sites for hydroxylation is 1. The van der Waals surface area contributed by atoms with Gasteiger partial charge in [0.2, 0.25) is 5.91 Å². The molecule has 0 aliphatic heterocycles. The van der Waals surface area contributed by atoms with Crippen LogP contribution in [0, 0.1) is 0 Å². The van der Waals surface area contributed by atoms with E-state index in [0.29, 0.717) is 32.9 Å². The second kappa shape index (κ2) is 11.8. The number of thiophene rings is 1. The Bertz CT molecular complexity index is 1300. The fourth-order valence-corrected chi connectivity index (χ4v) is 6.06. The van der Waals surface area contributed by atoms with E-state index in [0.717, 1.165) is 29.7 Å². The SMILES string of the molecule is CCOC(=O)c1c(NC(=O)[C@H](C)Sc2nnc(CNC(=O)c3ccc(OC)cc3)n2C)sc2c1CCC2. The van der Waals surface area contributed by atoms with E-state index in [1.807, 2.05) is 0 Å². The molecule has 0 fully saturated rings. The van der Waals surface area contributed by atoms with Crippen LogP contribution in [0.4, 0.5) is 5.00 Å². The third-order valence-electron chi connectivity index (χ3n) is 5.97. The molecule has 10 nitrogen and oxygen atoms in total. The van der Waals surface area contributed by atoms with E-state index in [2.05, 4.69) is 20.8 Å². The standard InChI is InChI=1S/C25H29N5O5S2/c1-5-35-24(33)20-17-7-6-8-18(17)37-23(20)27-21(31)14(2)36-25-29-28-19(30(25)3)13-26-22(32)15-9-11-16(34-4)12-10-15/h9-12,14H,5-8,13H2,1-4H3,(H,26,32)(H,27,31)/t14-/m0/s1. The topological polar surface area (TPSA) is 124 Å². The summed E-state index contributed by atoms with van der Waals surface area (Å²) in [5.41, 5.74) is 1.98. The highest BCUT2D eigenvalue weighted by molar-refractivity contribution is 8.00. The maximum absolute atomic E-state index is 13.0. The van der Waals surface area contributed by atoms with Gasteiger partial charge in [-0.15, -0.1) is 21.5 Å².